The summed E-state index contributed by atoms with van der Waals surface area (Å²) in [7, 11) is -3.24. The van der Waals surface area contributed by atoms with Gasteiger partial charge in [-0.05, 0) is 44.5 Å². The third kappa shape index (κ3) is 4.07. The topological polar surface area (TPSA) is 46.2 Å². The molecule has 18 heavy (non-hydrogen) atoms. The predicted molar refractivity (Wildman–Crippen MR) is 78.5 cm³/mol. The second-order valence-corrected chi connectivity index (χ2v) is 7.81. The summed E-state index contributed by atoms with van der Waals surface area (Å²) in [5.74, 6) is 0. The fourth-order valence-electron chi connectivity index (χ4n) is 1.48. The maximum atomic E-state index is 12.3. The van der Waals surface area contributed by atoms with Crippen LogP contribution < -0.4 is 5.32 Å². The Labute approximate surface area is 118 Å². The van der Waals surface area contributed by atoms with Crippen molar-refractivity contribution in [1.82, 2.24) is 5.32 Å². The van der Waals surface area contributed by atoms with Crippen molar-refractivity contribution >= 4 is 25.8 Å². The van der Waals surface area contributed by atoms with Crippen LogP contribution in [-0.2, 0) is 9.84 Å². The molecule has 102 valence electrons. The molecule has 1 aromatic carbocycles. The highest BCUT2D eigenvalue weighted by atomic mass is 79.9. The van der Waals surface area contributed by atoms with Crippen molar-refractivity contribution < 1.29 is 8.42 Å². The summed E-state index contributed by atoms with van der Waals surface area (Å²) in [6.45, 7) is 6.35. The minimum Gasteiger partial charge on any atom is -0.313 e. The van der Waals surface area contributed by atoms with Gasteiger partial charge < -0.3 is 5.32 Å². The first-order chi connectivity index (χ1) is 8.37. The fraction of sp³-hybridized carbons (Fsp3) is 0.538. The number of halogens is 1. The van der Waals surface area contributed by atoms with E-state index in [2.05, 4.69) is 35.1 Å². The SMILES string of the molecule is CCC(C)NCC(C)S(=O)(=O)c1ccc(Br)cc1. The summed E-state index contributed by atoms with van der Waals surface area (Å²) in [6.07, 6.45) is 0.991. The molecule has 2 atom stereocenters. The van der Waals surface area contributed by atoms with Gasteiger partial charge in [0.2, 0.25) is 0 Å². The molecule has 0 aliphatic rings. The van der Waals surface area contributed by atoms with Gasteiger partial charge in [0, 0.05) is 17.1 Å². The Morgan fingerprint density at radius 1 is 1.22 bits per heavy atom. The van der Waals surface area contributed by atoms with Gasteiger partial charge in [0.1, 0.15) is 0 Å². The zero-order valence-corrected chi connectivity index (χ0v) is 13.4. The highest BCUT2D eigenvalue weighted by molar-refractivity contribution is 9.10. The smallest absolute Gasteiger partial charge is 0.182 e. The average molecular weight is 334 g/mol. The third-order valence-corrected chi connectivity index (χ3v) is 5.72. The van der Waals surface area contributed by atoms with E-state index in [1.807, 2.05) is 0 Å². The summed E-state index contributed by atoms with van der Waals surface area (Å²) in [5, 5.41) is 2.81. The molecule has 0 amide bonds. The van der Waals surface area contributed by atoms with Crippen molar-refractivity contribution in [2.75, 3.05) is 6.54 Å². The summed E-state index contributed by atoms with van der Waals surface area (Å²) in [5.41, 5.74) is 0. The Hall–Kier alpha value is -0.390. The largest absolute Gasteiger partial charge is 0.313 e. The molecule has 1 rings (SSSR count). The molecule has 2 unspecified atom stereocenters. The second kappa shape index (κ2) is 6.68. The van der Waals surface area contributed by atoms with E-state index < -0.39 is 15.1 Å². The Balaban J connectivity index is 2.77. The van der Waals surface area contributed by atoms with E-state index in [9.17, 15) is 8.42 Å². The van der Waals surface area contributed by atoms with Crippen LogP contribution in [0.2, 0.25) is 0 Å². The standard InChI is InChI=1S/C13H20BrNO2S/c1-4-10(2)15-9-11(3)18(16,17)13-7-5-12(14)6-8-13/h5-8,10-11,15H,4,9H2,1-3H3. The van der Waals surface area contributed by atoms with E-state index in [0.29, 0.717) is 17.5 Å². The van der Waals surface area contributed by atoms with Crippen LogP contribution in [0.5, 0.6) is 0 Å². The molecule has 3 nitrogen and oxygen atoms in total. The van der Waals surface area contributed by atoms with Crippen molar-refractivity contribution in [3.05, 3.63) is 28.7 Å². The molecule has 0 aliphatic carbocycles. The summed E-state index contributed by atoms with van der Waals surface area (Å²) in [6, 6.07) is 7.12. The lowest BCUT2D eigenvalue weighted by Gasteiger charge is -2.17. The number of rotatable bonds is 6. The van der Waals surface area contributed by atoms with Crippen molar-refractivity contribution in [2.45, 2.75) is 43.4 Å². The van der Waals surface area contributed by atoms with Gasteiger partial charge in [-0.15, -0.1) is 0 Å². The van der Waals surface area contributed by atoms with Crippen molar-refractivity contribution in [3.8, 4) is 0 Å². The monoisotopic (exact) mass is 333 g/mol. The Morgan fingerprint density at radius 2 is 1.78 bits per heavy atom. The number of benzene rings is 1. The first-order valence-electron chi connectivity index (χ1n) is 6.10. The minimum absolute atomic E-state index is 0.340. The van der Waals surface area contributed by atoms with E-state index in [0.717, 1.165) is 10.9 Å². The van der Waals surface area contributed by atoms with E-state index in [4.69, 9.17) is 0 Å². The van der Waals surface area contributed by atoms with Crippen LogP contribution in [0.25, 0.3) is 0 Å². The first kappa shape index (κ1) is 15.7. The molecule has 5 heteroatoms. The molecule has 0 radical (unpaired) electrons. The summed E-state index contributed by atoms with van der Waals surface area (Å²) < 4.78 is 25.5. The number of hydrogen-bond donors (Lipinski definition) is 1. The van der Waals surface area contributed by atoms with E-state index in [1.54, 1.807) is 31.2 Å². The van der Waals surface area contributed by atoms with Gasteiger partial charge in [-0.3, -0.25) is 0 Å². The Kier molecular flexibility index (Phi) is 5.82. The molecule has 0 aliphatic heterocycles. The summed E-state index contributed by atoms with van der Waals surface area (Å²) >= 11 is 3.30. The third-order valence-electron chi connectivity index (χ3n) is 3.04. The summed E-state index contributed by atoms with van der Waals surface area (Å²) in [4.78, 5) is 0.379. The second-order valence-electron chi connectivity index (χ2n) is 4.53. The zero-order valence-electron chi connectivity index (χ0n) is 11.0. The highest BCUT2D eigenvalue weighted by Gasteiger charge is 2.23. The molecular formula is C13H20BrNO2S. The molecule has 1 N–H and O–H groups in total. The number of hydrogen-bond acceptors (Lipinski definition) is 3. The van der Waals surface area contributed by atoms with Crippen LogP contribution in [-0.4, -0.2) is 26.3 Å². The molecule has 0 fully saturated rings. The molecule has 0 spiro atoms. The van der Waals surface area contributed by atoms with Crippen molar-refractivity contribution in [1.29, 1.82) is 0 Å². The Bertz CT molecular complexity index is 470. The number of nitrogens with one attached hydrogen (secondary N) is 1. The van der Waals surface area contributed by atoms with Gasteiger partial charge >= 0.3 is 0 Å². The van der Waals surface area contributed by atoms with Gasteiger partial charge in [0.25, 0.3) is 0 Å². The van der Waals surface area contributed by atoms with Crippen LogP contribution >= 0.6 is 15.9 Å². The molecule has 0 heterocycles. The van der Waals surface area contributed by atoms with Gasteiger partial charge in [-0.2, -0.15) is 0 Å². The fourth-order valence-corrected chi connectivity index (χ4v) is 3.04. The first-order valence-corrected chi connectivity index (χ1v) is 8.44. The van der Waals surface area contributed by atoms with E-state index >= 15 is 0 Å². The highest BCUT2D eigenvalue weighted by Crippen LogP contribution is 2.18. The zero-order chi connectivity index (χ0) is 13.8. The normalized spacial score (nSPS) is 15.3. The van der Waals surface area contributed by atoms with Crippen molar-refractivity contribution in [3.63, 3.8) is 0 Å². The lowest BCUT2D eigenvalue weighted by molar-refractivity contribution is 0.520. The average Bonchev–Trinajstić information content (AvgIpc) is 2.35. The van der Waals surface area contributed by atoms with Gasteiger partial charge in [0.15, 0.2) is 9.84 Å². The maximum Gasteiger partial charge on any atom is 0.182 e. The Morgan fingerprint density at radius 3 is 2.28 bits per heavy atom. The molecule has 0 saturated carbocycles. The van der Waals surface area contributed by atoms with Gasteiger partial charge in [0.05, 0.1) is 10.1 Å². The van der Waals surface area contributed by atoms with Crippen LogP contribution in [0, 0.1) is 0 Å². The molecule has 1 aromatic rings. The van der Waals surface area contributed by atoms with Crippen LogP contribution in [0.4, 0.5) is 0 Å². The maximum absolute atomic E-state index is 12.3. The minimum atomic E-state index is -3.24. The molecule has 0 saturated heterocycles. The molecular weight excluding hydrogens is 314 g/mol. The lowest BCUT2D eigenvalue weighted by atomic mass is 10.2. The van der Waals surface area contributed by atoms with Crippen molar-refractivity contribution in [2.24, 2.45) is 0 Å². The lowest BCUT2D eigenvalue weighted by Crippen LogP contribution is -2.36. The van der Waals surface area contributed by atoms with E-state index in [1.165, 1.54) is 0 Å². The quantitative estimate of drug-likeness (QED) is 0.870. The predicted octanol–water partition coefficient (Wildman–Crippen LogP) is 3.00. The molecule has 0 aromatic heterocycles. The van der Waals surface area contributed by atoms with Crippen LogP contribution in [0.15, 0.2) is 33.6 Å². The van der Waals surface area contributed by atoms with Crippen LogP contribution in [0.3, 0.4) is 0 Å². The van der Waals surface area contributed by atoms with E-state index in [-0.39, 0.29) is 0 Å². The molecule has 0 bridgehead atoms. The van der Waals surface area contributed by atoms with Gasteiger partial charge in [-0.1, -0.05) is 22.9 Å². The van der Waals surface area contributed by atoms with Crippen LogP contribution in [0.1, 0.15) is 27.2 Å². The van der Waals surface area contributed by atoms with Gasteiger partial charge in [-0.25, -0.2) is 8.42 Å². The number of sulfone groups is 1.